The number of nitrogens with zero attached hydrogens (tertiary/aromatic N) is 1. The molecule has 1 rings (SSSR count). The summed E-state index contributed by atoms with van der Waals surface area (Å²) in [4.78, 5) is 24.8. The first-order valence-corrected chi connectivity index (χ1v) is 4.24. The number of nitrogens with one attached hydrogen (secondary N) is 1. The van der Waals surface area contributed by atoms with Crippen LogP contribution in [-0.4, -0.2) is 18.5 Å². The molecule has 0 fully saturated rings. The van der Waals surface area contributed by atoms with Crippen molar-refractivity contribution >= 4 is 17.7 Å². The minimum atomic E-state index is -0.171. The van der Waals surface area contributed by atoms with E-state index in [1.807, 2.05) is 6.92 Å². The molecule has 0 aliphatic carbocycles. The normalized spacial score (nSPS) is 8.93. The van der Waals surface area contributed by atoms with Crippen LogP contribution in [0.1, 0.15) is 17.3 Å². The molecule has 1 aromatic carbocycles. The van der Waals surface area contributed by atoms with Gasteiger partial charge in [-0.25, -0.2) is 4.79 Å². The van der Waals surface area contributed by atoms with Crippen molar-refractivity contribution in [3.05, 3.63) is 29.8 Å². The van der Waals surface area contributed by atoms with Gasteiger partial charge in [-0.2, -0.15) is 4.99 Å². The Kier molecular flexibility index (Phi) is 3.58. The minimum absolute atomic E-state index is 0.171. The van der Waals surface area contributed by atoms with Crippen molar-refractivity contribution in [1.82, 2.24) is 5.32 Å². The fourth-order valence-electron chi connectivity index (χ4n) is 1.03. The molecule has 1 N–H and O–H groups in total. The highest BCUT2D eigenvalue weighted by atomic mass is 16.1. The average molecular weight is 190 g/mol. The lowest BCUT2D eigenvalue weighted by Crippen LogP contribution is -2.22. The number of isocyanates is 1. The second-order valence-corrected chi connectivity index (χ2v) is 2.61. The molecule has 4 heteroatoms. The highest BCUT2D eigenvalue weighted by Gasteiger charge is 2.03. The highest BCUT2D eigenvalue weighted by Crippen LogP contribution is 2.12. The molecule has 1 amide bonds. The Morgan fingerprint density at radius 1 is 1.57 bits per heavy atom. The lowest BCUT2D eigenvalue weighted by atomic mass is 10.2. The Balaban J connectivity index is 2.93. The number of aliphatic imine (C=N–C) groups is 1. The van der Waals surface area contributed by atoms with Gasteiger partial charge in [0.25, 0.3) is 5.91 Å². The molecule has 1 aromatic rings. The first-order chi connectivity index (χ1) is 6.77. The summed E-state index contributed by atoms with van der Waals surface area (Å²) in [7, 11) is 0. The fraction of sp³-hybridized carbons (Fsp3) is 0.200. The maximum absolute atomic E-state index is 11.3. The van der Waals surface area contributed by atoms with E-state index in [2.05, 4.69) is 10.3 Å². The van der Waals surface area contributed by atoms with E-state index in [1.54, 1.807) is 18.2 Å². The molecular formula is C10H10N2O2. The van der Waals surface area contributed by atoms with E-state index in [0.717, 1.165) is 0 Å². The van der Waals surface area contributed by atoms with Gasteiger partial charge in [0, 0.05) is 12.1 Å². The van der Waals surface area contributed by atoms with Gasteiger partial charge in [-0.05, 0) is 25.1 Å². The van der Waals surface area contributed by atoms with E-state index in [0.29, 0.717) is 17.8 Å². The van der Waals surface area contributed by atoms with Crippen LogP contribution in [0, 0.1) is 0 Å². The molecule has 0 aliphatic rings. The summed E-state index contributed by atoms with van der Waals surface area (Å²) in [6.07, 6.45) is 1.43. The van der Waals surface area contributed by atoms with Crippen LogP contribution in [0.3, 0.4) is 0 Å². The second kappa shape index (κ2) is 4.94. The Morgan fingerprint density at radius 3 is 3.00 bits per heavy atom. The number of rotatable bonds is 3. The van der Waals surface area contributed by atoms with Crippen molar-refractivity contribution in [3.8, 4) is 0 Å². The van der Waals surface area contributed by atoms with Crippen molar-refractivity contribution in [2.24, 2.45) is 4.99 Å². The lowest BCUT2D eigenvalue weighted by molar-refractivity contribution is 0.0956. The van der Waals surface area contributed by atoms with Gasteiger partial charge in [0.15, 0.2) is 0 Å². The molecule has 72 valence electrons. The van der Waals surface area contributed by atoms with E-state index in [1.165, 1.54) is 12.1 Å². The summed E-state index contributed by atoms with van der Waals surface area (Å²) in [6, 6.07) is 6.50. The summed E-state index contributed by atoms with van der Waals surface area (Å²) in [5.41, 5.74) is 0.923. The Bertz CT molecular complexity index is 381. The Hall–Kier alpha value is -1.93. The van der Waals surface area contributed by atoms with E-state index in [-0.39, 0.29) is 5.91 Å². The molecule has 0 radical (unpaired) electrons. The number of benzene rings is 1. The van der Waals surface area contributed by atoms with Gasteiger partial charge >= 0.3 is 0 Å². The van der Waals surface area contributed by atoms with E-state index >= 15 is 0 Å². The molecule has 0 spiro atoms. The van der Waals surface area contributed by atoms with Crippen LogP contribution in [0.4, 0.5) is 5.69 Å². The quantitative estimate of drug-likeness (QED) is 0.578. The standard InChI is InChI=1S/C10H10N2O2/c1-2-11-10(14)8-4-3-5-9(6-8)12-7-13/h3-6H,2H2,1H3,(H,11,14). The molecule has 0 unspecified atom stereocenters. The third-order valence-corrected chi connectivity index (χ3v) is 1.62. The van der Waals surface area contributed by atoms with Crippen molar-refractivity contribution in [3.63, 3.8) is 0 Å². The van der Waals surface area contributed by atoms with Gasteiger partial charge in [0.1, 0.15) is 0 Å². The van der Waals surface area contributed by atoms with Crippen molar-refractivity contribution < 1.29 is 9.59 Å². The van der Waals surface area contributed by atoms with Gasteiger partial charge in [-0.15, -0.1) is 0 Å². The van der Waals surface area contributed by atoms with Crippen molar-refractivity contribution in [2.75, 3.05) is 6.54 Å². The van der Waals surface area contributed by atoms with Crippen LogP contribution in [0.25, 0.3) is 0 Å². The second-order valence-electron chi connectivity index (χ2n) is 2.61. The number of carbonyl (C=O) groups excluding carboxylic acids is 2. The summed E-state index contributed by atoms with van der Waals surface area (Å²) in [5, 5.41) is 2.65. The van der Waals surface area contributed by atoms with Crippen LogP contribution in [0.5, 0.6) is 0 Å². The van der Waals surface area contributed by atoms with Gasteiger partial charge < -0.3 is 5.32 Å². The highest BCUT2D eigenvalue weighted by molar-refractivity contribution is 5.94. The molecule has 0 saturated heterocycles. The summed E-state index contributed by atoms with van der Waals surface area (Å²) in [6.45, 7) is 2.41. The molecule has 4 nitrogen and oxygen atoms in total. The number of carbonyl (C=O) groups is 1. The molecule has 0 saturated carbocycles. The maximum Gasteiger partial charge on any atom is 0.251 e. The van der Waals surface area contributed by atoms with Crippen molar-refractivity contribution in [2.45, 2.75) is 6.92 Å². The topological polar surface area (TPSA) is 58.5 Å². The van der Waals surface area contributed by atoms with Crippen LogP contribution >= 0.6 is 0 Å². The zero-order chi connectivity index (χ0) is 10.4. The predicted molar refractivity (Wildman–Crippen MR) is 52.2 cm³/mol. The molecule has 0 atom stereocenters. The first-order valence-electron chi connectivity index (χ1n) is 4.24. The Morgan fingerprint density at radius 2 is 2.36 bits per heavy atom. The predicted octanol–water partition coefficient (Wildman–Crippen LogP) is 1.40. The third kappa shape index (κ3) is 2.54. The number of amides is 1. The fourth-order valence-corrected chi connectivity index (χ4v) is 1.03. The van der Waals surface area contributed by atoms with Gasteiger partial charge in [-0.1, -0.05) is 6.07 Å². The van der Waals surface area contributed by atoms with Crippen LogP contribution < -0.4 is 5.32 Å². The number of hydrogen-bond acceptors (Lipinski definition) is 3. The molecular weight excluding hydrogens is 180 g/mol. The van der Waals surface area contributed by atoms with Crippen molar-refractivity contribution in [1.29, 1.82) is 0 Å². The van der Waals surface area contributed by atoms with Crippen LogP contribution in [0.2, 0.25) is 0 Å². The smallest absolute Gasteiger partial charge is 0.251 e. The zero-order valence-electron chi connectivity index (χ0n) is 7.78. The summed E-state index contributed by atoms with van der Waals surface area (Å²) in [5.74, 6) is -0.171. The van der Waals surface area contributed by atoms with Crippen LogP contribution in [0.15, 0.2) is 29.3 Å². The Labute approximate surface area is 81.7 Å². The van der Waals surface area contributed by atoms with Crippen LogP contribution in [-0.2, 0) is 4.79 Å². The van der Waals surface area contributed by atoms with Gasteiger partial charge in [0.05, 0.1) is 5.69 Å². The van der Waals surface area contributed by atoms with E-state index in [4.69, 9.17) is 0 Å². The van der Waals surface area contributed by atoms with E-state index < -0.39 is 0 Å². The molecule has 14 heavy (non-hydrogen) atoms. The monoisotopic (exact) mass is 190 g/mol. The minimum Gasteiger partial charge on any atom is -0.352 e. The van der Waals surface area contributed by atoms with Gasteiger partial charge in [-0.3, -0.25) is 4.79 Å². The molecule has 0 aliphatic heterocycles. The summed E-state index contributed by atoms with van der Waals surface area (Å²) >= 11 is 0. The van der Waals surface area contributed by atoms with E-state index in [9.17, 15) is 9.59 Å². The SMILES string of the molecule is CCNC(=O)c1cccc(N=C=O)c1. The summed E-state index contributed by atoms with van der Waals surface area (Å²) < 4.78 is 0. The number of hydrogen-bond donors (Lipinski definition) is 1. The third-order valence-electron chi connectivity index (χ3n) is 1.62. The first kappa shape index (κ1) is 10.2. The zero-order valence-corrected chi connectivity index (χ0v) is 7.78. The lowest BCUT2D eigenvalue weighted by Gasteiger charge is -2.01. The molecule has 0 aromatic heterocycles. The van der Waals surface area contributed by atoms with Gasteiger partial charge in [0.2, 0.25) is 6.08 Å². The average Bonchev–Trinajstić information content (AvgIpc) is 2.19. The maximum atomic E-state index is 11.3. The molecule has 0 bridgehead atoms. The largest absolute Gasteiger partial charge is 0.352 e. The molecule has 0 heterocycles.